The van der Waals surface area contributed by atoms with E-state index >= 15 is 0 Å². The molecule has 1 fully saturated rings. The maximum absolute atomic E-state index is 12.3. The van der Waals surface area contributed by atoms with E-state index in [9.17, 15) is 4.79 Å². The number of ether oxygens (including phenoxy) is 1. The van der Waals surface area contributed by atoms with E-state index in [1.807, 2.05) is 7.05 Å². The lowest BCUT2D eigenvalue weighted by Gasteiger charge is -2.27. The van der Waals surface area contributed by atoms with Crippen LogP contribution in [0.3, 0.4) is 0 Å². The first kappa shape index (κ1) is 14.6. The van der Waals surface area contributed by atoms with Crippen LogP contribution in [0.4, 0.5) is 0 Å². The van der Waals surface area contributed by atoms with Crippen molar-refractivity contribution in [2.75, 3.05) is 26.8 Å². The molecule has 0 spiro atoms. The second kappa shape index (κ2) is 6.60. The van der Waals surface area contributed by atoms with E-state index in [2.05, 4.69) is 0 Å². The Kier molecular flexibility index (Phi) is 5.08. The fourth-order valence-corrected chi connectivity index (χ4v) is 2.55. The molecule has 1 aromatic rings. The van der Waals surface area contributed by atoms with Gasteiger partial charge in [0.1, 0.15) is 0 Å². The molecule has 0 bridgehead atoms. The molecule has 1 heterocycles. The Balaban J connectivity index is 1.99. The van der Waals surface area contributed by atoms with Gasteiger partial charge in [-0.1, -0.05) is 23.2 Å². The van der Waals surface area contributed by atoms with E-state index < -0.39 is 0 Å². The van der Waals surface area contributed by atoms with Crippen LogP contribution in [-0.4, -0.2) is 37.6 Å². The van der Waals surface area contributed by atoms with E-state index in [1.54, 1.807) is 23.1 Å². The molecular formula is C14H17Cl2NO2. The summed E-state index contributed by atoms with van der Waals surface area (Å²) in [4.78, 5) is 14.0. The third kappa shape index (κ3) is 3.85. The molecule has 1 amide bonds. The number of hydrogen-bond acceptors (Lipinski definition) is 2. The number of carbonyl (C=O) groups is 1. The average Bonchev–Trinajstić information content (AvgIpc) is 2.42. The van der Waals surface area contributed by atoms with Crippen molar-refractivity contribution < 1.29 is 9.53 Å². The number of hydrogen-bond donors (Lipinski definition) is 0. The molecule has 0 N–H and O–H groups in total. The number of carbonyl (C=O) groups excluding carboxylic acids is 1. The molecule has 5 heteroatoms. The van der Waals surface area contributed by atoms with E-state index in [0.29, 0.717) is 21.5 Å². The highest BCUT2D eigenvalue weighted by atomic mass is 35.5. The van der Waals surface area contributed by atoms with Crippen LogP contribution in [0.5, 0.6) is 0 Å². The van der Waals surface area contributed by atoms with Gasteiger partial charge in [0.15, 0.2) is 0 Å². The lowest BCUT2D eigenvalue weighted by atomic mass is 9.99. The van der Waals surface area contributed by atoms with Gasteiger partial charge in [-0.3, -0.25) is 4.79 Å². The monoisotopic (exact) mass is 301 g/mol. The molecule has 1 aliphatic rings. The summed E-state index contributed by atoms with van der Waals surface area (Å²) < 4.78 is 5.32. The molecule has 1 aromatic carbocycles. The maximum atomic E-state index is 12.3. The number of nitrogens with zero attached hydrogens (tertiary/aromatic N) is 1. The van der Waals surface area contributed by atoms with Gasteiger partial charge in [0.2, 0.25) is 0 Å². The van der Waals surface area contributed by atoms with Gasteiger partial charge >= 0.3 is 0 Å². The molecule has 1 saturated heterocycles. The van der Waals surface area contributed by atoms with Crippen LogP contribution in [-0.2, 0) is 4.74 Å². The molecule has 104 valence electrons. The van der Waals surface area contributed by atoms with E-state index in [0.717, 1.165) is 32.6 Å². The van der Waals surface area contributed by atoms with Crippen LogP contribution >= 0.6 is 23.2 Å². The molecule has 19 heavy (non-hydrogen) atoms. The van der Waals surface area contributed by atoms with Crippen molar-refractivity contribution in [1.29, 1.82) is 0 Å². The standard InChI is InChI=1S/C14H17Cl2NO2/c1-17(9-10-4-6-19-7-5-10)14(18)11-2-3-12(15)13(16)8-11/h2-3,8,10H,4-7,9H2,1H3. The summed E-state index contributed by atoms with van der Waals surface area (Å²) in [7, 11) is 1.82. The molecule has 0 atom stereocenters. The third-order valence-electron chi connectivity index (χ3n) is 3.39. The largest absolute Gasteiger partial charge is 0.381 e. The van der Waals surface area contributed by atoms with Crippen LogP contribution in [0.15, 0.2) is 18.2 Å². The lowest BCUT2D eigenvalue weighted by Crippen LogP contribution is -2.34. The van der Waals surface area contributed by atoms with Crippen molar-refractivity contribution in [3.05, 3.63) is 33.8 Å². The number of benzene rings is 1. The first-order valence-corrected chi connectivity index (χ1v) is 7.12. The number of halogens is 2. The lowest BCUT2D eigenvalue weighted by molar-refractivity contribution is 0.0497. The van der Waals surface area contributed by atoms with E-state index in [4.69, 9.17) is 27.9 Å². The summed E-state index contributed by atoms with van der Waals surface area (Å²) in [5.74, 6) is 0.496. The Hall–Kier alpha value is -0.770. The zero-order chi connectivity index (χ0) is 13.8. The van der Waals surface area contributed by atoms with Gasteiger partial charge in [-0.25, -0.2) is 0 Å². The summed E-state index contributed by atoms with van der Waals surface area (Å²) in [6, 6.07) is 4.98. The van der Waals surface area contributed by atoms with Gasteiger partial charge < -0.3 is 9.64 Å². The van der Waals surface area contributed by atoms with E-state index in [-0.39, 0.29) is 5.91 Å². The van der Waals surface area contributed by atoms with Crippen LogP contribution in [0.2, 0.25) is 10.0 Å². The minimum Gasteiger partial charge on any atom is -0.381 e. The molecule has 0 saturated carbocycles. The quantitative estimate of drug-likeness (QED) is 0.855. The Labute approximate surface area is 123 Å². The second-order valence-electron chi connectivity index (χ2n) is 4.87. The highest BCUT2D eigenvalue weighted by Crippen LogP contribution is 2.23. The van der Waals surface area contributed by atoms with Crippen LogP contribution in [0, 0.1) is 5.92 Å². The van der Waals surface area contributed by atoms with Crippen molar-refractivity contribution in [1.82, 2.24) is 4.90 Å². The number of rotatable bonds is 3. The van der Waals surface area contributed by atoms with Gasteiger partial charge in [0.05, 0.1) is 10.0 Å². The van der Waals surface area contributed by atoms with Gasteiger partial charge in [0.25, 0.3) is 5.91 Å². The first-order valence-electron chi connectivity index (χ1n) is 6.36. The zero-order valence-electron chi connectivity index (χ0n) is 10.9. The molecule has 0 aromatic heterocycles. The highest BCUT2D eigenvalue weighted by Gasteiger charge is 2.19. The van der Waals surface area contributed by atoms with Crippen molar-refractivity contribution in [2.24, 2.45) is 5.92 Å². The van der Waals surface area contributed by atoms with Crippen LogP contribution < -0.4 is 0 Å². The van der Waals surface area contributed by atoms with Crippen molar-refractivity contribution in [3.8, 4) is 0 Å². The molecular weight excluding hydrogens is 285 g/mol. The summed E-state index contributed by atoms with van der Waals surface area (Å²) >= 11 is 11.8. The fraction of sp³-hybridized carbons (Fsp3) is 0.500. The molecule has 1 aliphatic heterocycles. The number of amides is 1. The van der Waals surface area contributed by atoms with Gasteiger partial charge in [-0.15, -0.1) is 0 Å². The SMILES string of the molecule is CN(CC1CCOCC1)C(=O)c1ccc(Cl)c(Cl)c1. The maximum Gasteiger partial charge on any atom is 0.253 e. The topological polar surface area (TPSA) is 29.5 Å². The normalized spacial score (nSPS) is 16.4. The van der Waals surface area contributed by atoms with Crippen LogP contribution in [0.1, 0.15) is 23.2 Å². The Morgan fingerprint density at radius 3 is 2.63 bits per heavy atom. The van der Waals surface area contributed by atoms with Gasteiger partial charge in [-0.2, -0.15) is 0 Å². The summed E-state index contributed by atoms with van der Waals surface area (Å²) in [6.07, 6.45) is 2.03. The van der Waals surface area contributed by atoms with Crippen molar-refractivity contribution in [3.63, 3.8) is 0 Å². The molecule has 0 radical (unpaired) electrons. The summed E-state index contributed by atoms with van der Waals surface area (Å²) in [5, 5.41) is 0.872. The molecule has 0 aliphatic carbocycles. The Morgan fingerprint density at radius 2 is 2.00 bits per heavy atom. The third-order valence-corrected chi connectivity index (χ3v) is 4.13. The second-order valence-corrected chi connectivity index (χ2v) is 5.68. The average molecular weight is 302 g/mol. The van der Waals surface area contributed by atoms with Gasteiger partial charge in [-0.05, 0) is 37.0 Å². The highest BCUT2D eigenvalue weighted by molar-refractivity contribution is 6.42. The smallest absolute Gasteiger partial charge is 0.253 e. The van der Waals surface area contributed by atoms with Crippen molar-refractivity contribution in [2.45, 2.75) is 12.8 Å². The minimum atomic E-state index is -0.0231. The van der Waals surface area contributed by atoms with Crippen molar-refractivity contribution >= 4 is 29.1 Å². The summed E-state index contributed by atoms with van der Waals surface area (Å²) in [5.41, 5.74) is 0.573. The zero-order valence-corrected chi connectivity index (χ0v) is 12.4. The minimum absolute atomic E-state index is 0.0231. The predicted molar refractivity (Wildman–Crippen MR) is 77.0 cm³/mol. The predicted octanol–water partition coefficient (Wildman–Crippen LogP) is 3.49. The first-order chi connectivity index (χ1) is 9.08. The fourth-order valence-electron chi connectivity index (χ4n) is 2.25. The Bertz CT molecular complexity index is 459. The van der Waals surface area contributed by atoms with Gasteiger partial charge in [0, 0.05) is 32.4 Å². The molecule has 3 nitrogen and oxygen atoms in total. The van der Waals surface area contributed by atoms with E-state index in [1.165, 1.54) is 0 Å². The molecule has 0 unspecified atom stereocenters. The van der Waals surface area contributed by atoms with Crippen LogP contribution in [0.25, 0.3) is 0 Å². The summed E-state index contributed by atoms with van der Waals surface area (Å²) in [6.45, 7) is 2.33. The molecule has 2 rings (SSSR count). The Morgan fingerprint density at radius 1 is 1.32 bits per heavy atom.